The van der Waals surface area contributed by atoms with Crippen molar-refractivity contribution in [2.45, 2.75) is 63.6 Å². The first-order valence-corrected chi connectivity index (χ1v) is 7.51. The van der Waals surface area contributed by atoms with Crippen LogP contribution in [-0.2, 0) is 4.84 Å². The van der Waals surface area contributed by atoms with Gasteiger partial charge in [-0.15, -0.1) is 0 Å². The van der Waals surface area contributed by atoms with Gasteiger partial charge in [0.2, 0.25) is 0 Å². The van der Waals surface area contributed by atoms with Gasteiger partial charge in [0.25, 0.3) is 0 Å². The van der Waals surface area contributed by atoms with E-state index in [4.69, 9.17) is 4.84 Å². The third-order valence-corrected chi connectivity index (χ3v) is 4.34. The Hall–Kier alpha value is -0.810. The van der Waals surface area contributed by atoms with Gasteiger partial charge in [0.15, 0.2) is 0 Å². The highest BCUT2D eigenvalue weighted by Gasteiger charge is 2.26. The standard InChI is InChI=1S/C14H26N2O3/c1-16(10-11-6-2-5-9-13(11)17)14(18)15-19-12-7-3-4-8-12/h11-13,17H,2-10H2,1H3,(H,15,18). The van der Waals surface area contributed by atoms with E-state index < -0.39 is 0 Å². The Morgan fingerprint density at radius 1 is 1.21 bits per heavy atom. The number of aliphatic hydroxyl groups is 1. The second-order valence-electron chi connectivity index (χ2n) is 5.92. The van der Waals surface area contributed by atoms with E-state index in [1.807, 2.05) is 0 Å². The molecular formula is C14H26N2O3. The first-order valence-electron chi connectivity index (χ1n) is 7.51. The van der Waals surface area contributed by atoms with E-state index in [1.54, 1.807) is 11.9 Å². The maximum Gasteiger partial charge on any atom is 0.341 e. The molecule has 2 amide bonds. The van der Waals surface area contributed by atoms with E-state index in [-0.39, 0.29) is 24.2 Å². The van der Waals surface area contributed by atoms with E-state index in [1.165, 1.54) is 12.8 Å². The minimum atomic E-state index is -0.264. The number of urea groups is 1. The van der Waals surface area contributed by atoms with Crippen LogP contribution in [0.4, 0.5) is 4.79 Å². The van der Waals surface area contributed by atoms with Crippen molar-refractivity contribution in [3.8, 4) is 0 Å². The molecular weight excluding hydrogens is 244 g/mol. The van der Waals surface area contributed by atoms with Crippen molar-refractivity contribution < 1.29 is 14.7 Å². The molecule has 0 aromatic heterocycles. The lowest BCUT2D eigenvalue weighted by molar-refractivity contribution is -0.0103. The lowest BCUT2D eigenvalue weighted by Crippen LogP contribution is -2.43. The van der Waals surface area contributed by atoms with E-state index in [0.717, 1.165) is 38.5 Å². The quantitative estimate of drug-likeness (QED) is 0.769. The Morgan fingerprint density at radius 2 is 1.84 bits per heavy atom. The molecule has 110 valence electrons. The van der Waals surface area contributed by atoms with Crippen LogP contribution in [0.15, 0.2) is 0 Å². The molecule has 5 nitrogen and oxygen atoms in total. The zero-order chi connectivity index (χ0) is 13.7. The van der Waals surface area contributed by atoms with Gasteiger partial charge in [-0.25, -0.2) is 10.3 Å². The van der Waals surface area contributed by atoms with Crippen molar-refractivity contribution in [1.29, 1.82) is 0 Å². The van der Waals surface area contributed by atoms with Crippen molar-refractivity contribution in [2.75, 3.05) is 13.6 Å². The summed E-state index contributed by atoms with van der Waals surface area (Å²) >= 11 is 0. The Labute approximate surface area is 115 Å². The van der Waals surface area contributed by atoms with Crippen LogP contribution in [-0.4, -0.2) is 41.8 Å². The summed E-state index contributed by atoms with van der Waals surface area (Å²) in [7, 11) is 1.76. The molecule has 0 aromatic rings. The zero-order valence-corrected chi connectivity index (χ0v) is 11.8. The van der Waals surface area contributed by atoms with Gasteiger partial charge in [0.1, 0.15) is 0 Å². The van der Waals surface area contributed by atoms with Crippen molar-refractivity contribution in [3.05, 3.63) is 0 Å². The van der Waals surface area contributed by atoms with Gasteiger partial charge >= 0.3 is 6.03 Å². The summed E-state index contributed by atoms with van der Waals surface area (Å²) in [5.74, 6) is 0.205. The van der Waals surface area contributed by atoms with Crippen LogP contribution < -0.4 is 5.48 Å². The van der Waals surface area contributed by atoms with Crippen molar-refractivity contribution in [3.63, 3.8) is 0 Å². The first-order chi connectivity index (χ1) is 9.16. The fraction of sp³-hybridized carbons (Fsp3) is 0.929. The Kier molecular flexibility index (Phi) is 5.45. The van der Waals surface area contributed by atoms with Crippen molar-refractivity contribution >= 4 is 6.03 Å². The van der Waals surface area contributed by atoms with Crippen LogP contribution >= 0.6 is 0 Å². The van der Waals surface area contributed by atoms with Crippen molar-refractivity contribution in [1.82, 2.24) is 10.4 Å². The number of rotatable bonds is 4. The summed E-state index contributed by atoms with van der Waals surface area (Å²) in [5.41, 5.74) is 2.53. The average Bonchev–Trinajstić information content (AvgIpc) is 2.91. The molecule has 0 bridgehead atoms. The molecule has 2 fully saturated rings. The summed E-state index contributed by atoms with van der Waals surface area (Å²) in [5, 5.41) is 9.91. The third kappa shape index (κ3) is 4.35. The number of nitrogens with one attached hydrogen (secondary N) is 1. The molecule has 2 rings (SSSR count). The molecule has 2 aliphatic carbocycles. The van der Waals surface area contributed by atoms with E-state index >= 15 is 0 Å². The lowest BCUT2D eigenvalue weighted by Gasteiger charge is -2.31. The van der Waals surface area contributed by atoms with E-state index in [9.17, 15) is 9.90 Å². The number of nitrogens with zero attached hydrogens (tertiary/aromatic N) is 1. The van der Waals surface area contributed by atoms with Crippen LogP contribution in [0.1, 0.15) is 51.4 Å². The van der Waals surface area contributed by atoms with Crippen LogP contribution in [0, 0.1) is 5.92 Å². The lowest BCUT2D eigenvalue weighted by atomic mass is 9.86. The van der Waals surface area contributed by atoms with Gasteiger partial charge < -0.3 is 10.0 Å². The topological polar surface area (TPSA) is 61.8 Å². The fourth-order valence-corrected chi connectivity index (χ4v) is 3.05. The molecule has 2 N–H and O–H groups in total. The predicted molar refractivity (Wildman–Crippen MR) is 72.5 cm³/mol. The van der Waals surface area contributed by atoms with Crippen molar-refractivity contribution in [2.24, 2.45) is 5.92 Å². The monoisotopic (exact) mass is 270 g/mol. The number of hydroxylamine groups is 1. The van der Waals surface area contributed by atoms with Crippen LogP contribution in [0.3, 0.4) is 0 Å². The minimum Gasteiger partial charge on any atom is -0.393 e. The SMILES string of the molecule is CN(CC1CCCCC1O)C(=O)NOC1CCCC1. The first kappa shape index (κ1) is 14.6. The molecule has 2 saturated carbocycles. The molecule has 2 aliphatic rings. The second kappa shape index (κ2) is 7.10. The molecule has 0 spiro atoms. The number of amides is 2. The Balaban J connectivity index is 1.68. The number of hydrogen-bond acceptors (Lipinski definition) is 3. The molecule has 0 radical (unpaired) electrons. The predicted octanol–water partition coefficient (Wildman–Crippen LogP) is 2.05. The van der Waals surface area contributed by atoms with Crippen LogP contribution in [0.5, 0.6) is 0 Å². The molecule has 2 atom stereocenters. The number of carbonyl (C=O) groups is 1. The number of hydrogen-bond donors (Lipinski definition) is 2. The molecule has 5 heteroatoms. The van der Waals surface area contributed by atoms with Gasteiger partial charge in [-0.1, -0.05) is 25.7 Å². The Bertz CT molecular complexity index is 292. The van der Waals surface area contributed by atoms with Gasteiger partial charge in [0, 0.05) is 19.5 Å². The fourth-order valence-electron chi connectivity index (χ4n) is 3.05. The minimum absolute atomic E-state index is 0.178. The number of carbonyl (C=O) groups excluding carboxylic acids is 1. The summed E-state index contributed by atoms with van der Waals surface area (Å²) in [6, 6.07) is -0.204. The highest BCUT2D eigenvalue weighted by Crippen LogP contribution is 2.25. The molecule has 2 unspecified atom stereocenters. The highest BCUT2D eigenvalue weighted by molar-refractivity contribution is 5.72. The van der Waals surface area contributed by atoms with Crippen LogP contribution in [0.25, 0.3) is 0 Å². The maximum absolute atomic E-state index is 11.9. The summed E-state index contributed by atoms with van der Waals surface area (Å²) in [6.45, 7) is 0.598. The summed E-state index contributed by atoms with van der Waals surface area (Å²) < 4.78 is 0. The molecule has 0 saturated heterocycles. The number of aliphatic hydroxyl groups excluding tert-OH is 1. The third-order valence-electron chi connectivity index (χ3n) is 4.34. The maximum atomic E-state index is 11.9. The van der Waals surface area contributed by atoms with Gasteiger partial charge in [-0.2, -0.15) is 0 Å². The largest absolute Gasteiger partial charge is 0.393 e. The van der Waals surface area contributed by atoms with Gasteiger partial charge in [0.05, 0.1) is 12.2 Å². The second-order valence-corrected chi connectivity index (χ2v) is 5.92. The van der Waals surface area contributed by atoms with Gasteiger partial charge in [-0.3, -0.25) is 4.84 Å². The molecule has 19 heavy (non-hydrogen) atoms. The summed E-state index contributed by atoms with van der Waals surface area (Å²) in [4.78, 5) is 18.9. The molecule has 0 aromatic carbocycles. The van der Waals surface area contributed by atoms with E-state index in [0.29, 0.717) is 6.54 Å². The Morgan fingerprint density at radius 3 is 2.53 bits per heavy atom. The highest BCUT2D eigenvalue weighted by atomic mass is 16.7. The van der Waals surface area contributed by atoms with Gasteiger partial charge in [-0.05, 0) is 25.7 Å². The zero-order valence-electron chi connectivity index (χ0n) is 11.8. The smallest absolute Gasteiger partial charge is 0.341 e. The molecule has 0 aliphatic heterocycles. The van der Waals surface area contributed by atoms with Crippen LogP contribution in [0.2, 0.25) is 0 Å². The average molecular weight is 270 g/mol. The normalized spacial score (nSPS) is 28.3. The summed E-state index contributed by atoms with van der Waals surface area (Å²) in [6.07, 6.45) is 8.46. The van der Waals surface area contributed by atoms with E-state index in [2.05, 4.69) is 5.48 Å². The molecule has 0 heterocycles.